The van der Waals surface area contributed by atoms with Gasteiger partial charge in [-0.1, -0.05) is 155 Å². The average Bonchev–Trinajstić information content (AvgIpc) is 3.18. The third kappa shape index (κ3) is 4.43. The minimum absolute atomic E-state index is 0.0863. The van der Waals surface area contributed by atoms with E-state index < -0.39 is 0 Å². The Morgan fingerprint density at radius 2 is 1.17 bits per heavy atom. The van der Waals surface area contributed by atoms with Crippen LogP contribution in [0.4, 0.5) is 28.4 Å². The van der Waals surface area contributed by atoms with Gasteiger partial charge in [0.2, 0.25) is 0 Å². The van der Waals surface area contributed by atoms with Gasteiger partial charge >= 0.3 is 0 Å². The third-order valence-corrected chi connectivity index (χ3v) is 12.1. The molecule has 0 saturated heterocycles. The lowest BCUT2D eigenvalue weighted by atomic mass is 9.66. The second kappa shape index (κ2) is 11.3. The highest BCUT2D eigenvalue weighted by atomic mass is 15.2. The zero-order valence-electron chi connectivity index (χ0n) is 30.3. The topological polar surface area (TPSA) is 6.48 Å². The molecule has 10 rings (SSSR count). The predicted molar refractivity (Wildman–Crippen MR) is 220 cm³/mol. The summed E-state index contributed by atoms with van der Waals surface area (Å²) >= 11 is 0. The summed E-state index contributed by atoms with van der Waals surface area (Å²) in [6, 6.07) is 56.7. The van der Waals surface area contributed by atoms with E-state index >= 15 is 0 Å². The van der Waals surface area contributed by atoms with Crippen LogP contribution in [-0.2, 0) is 10.8 Å². The number of nitrogens with zero attached hydrogens (tertiary/aromatic N) is 2. The Balaban J connectivity index is 1.15. The number of hydrogen-bond acceptors (Lipinski definition) is 2. The molecule has 1 unspecified atom stereocenters. The second-order valence-corrected chi connectivity index (χ2v) is 15.7. The van der Waals surface area contributed by atoms with Crippen LogP contribution in [0.25, 0.3) is 34.1 Å². The SMILES string of the molecule is CC1(C)c2ccccc2N2c3ccc(-c4cccc5c(N(c6ccccc6)C6C=c7ccccc7=CC6)cccc45)cc3C(C)(C)c3cccc1c32. The van der Waals surface area contributed by atoms with E-state index in [1.165, 1.54) is 83.0 Å². The lowest BCUT2D eigenvalue weighted by molar-refractivity contribution is 0.597. The van der Waals surface area contributed by atoms with Crippen LogP contribution in [0.15, 0.2) is 152 Å². The Kier molecular flexibility index (Phi) is 6.73. The van der Waals surface area contributed by atoms with Crippen molar-refractivity contribution >= 4 is 51.4 Å². The molecule has 0 N–H and O–H groups in total. The molecule has 2 heterocycles. The quantitative estimate of drug-likeness (QED) is 0.184. The summed E-state index contributed by atoms with van der Waals surface area (Å²) in [5.74, 6) is 0. The van der Waals surface area contributed by atoms with E-state index in [4.69, 9.17) is 0 Å². The fourth-order valence-electron chi connectivity index (χ4n) is 9.45. The molecular formula is C50H42N2. The summed E-state index contributed by atoms with van der Waals surface area (Å²) in [5, 5.41) is 5.14. The smallest absolute Gasteiger partial charge is 0.0566 e. The molecule has 1 aliphatic carbocycles. The van der Waals surface area contributed by atoms with Gasteiger partial charge in [-0.2, -0.15) is 0 Å². The summed E-state index contributed by atoms with van der Waals surface area (Å²) < 4.78 is 0. The van der Waals surface area contributed by atoms with Crippen LogP contribution in [0.3, 0.4) is 0 Å². The van der Waals surface area contributed by atoms with Crippen molar-refractivity contribution in [2.75, 3.05) is 9.80 Å². The number of fused-ring (bicyclic) bond motifs is 6. The maximum absolute atomic E-state index is 2.55. The van der Waals surface area contributed by atoms with E-state index in [1.807, 2.05) is 0 Å². The average molecular weight is 671 g/mol. The van der Waals surface area contributed by atoms with E-state index in [0.717, 1.165) is 6.42 Å². The number of para-hydroxylation sites is 3. The number of anilines is 5. The van der Waals surface area contributed by atoms with Crippen LogP contribution in [0, 0.1) is 0 Å². The third-order valence-electron chi connectivity index (χ3n) is 12.1. The molecule has 0 amide bonds. The highest BCUT2D eigenvalue weighted by molar-refractivity contribution is 6.05. The molecule has 0 saturated carbocycles. The van der Waals surface area contributed by atoms with Crippen LogP contribution < -0.4 is 20.2 Å². The van der Waals surface area contributed by atoms with E-state index in [0.29, 0.717) is 0 Å². The van der Waals surface area contributed by atoms with Gasteiger partial charge in [-0.3, -0.25) is 0 Å². The molecule has 2 aliphatic heterocycles. The van der Waals surface area contributed by atoms with Gasteiger partial charge in [0.05, 0.1) is 23.1 Å². The van der Waals surface area contributed by atoms with Crippen LogP contribution in [-0.4, -0.2) is 6.04 Å². The van der Waals surface area contributed by atoms with Gasteiger partial charge in [0.25, 0.3) is 0 Å². The van der Waals surface area contributed by atoms with E-state index in [2.05, 4.69) is 201 Å². The fraction of sp³-hybridized carbons (Fsp3) is 0.160. The lowest BCUT2D eigenvalue weighted by Crippen LogP contribution is -2.38. The van der Waals surface area contributed by atoms with Crippen LogP contribution in [0.2, 0.25) is 0 Å². The molecular weight excluding hydrogens is 629 g/mol. The van der Waals surface area contributed by atoms with Crippen LogP contribution in [0.5, 0.6) is 0 Å². The Bertz CT molecular complexity index is 2680. The molecule has 0 fully saturated rings. The Morgan fingerprint density at radius 1 is 0.538 bits per heavy atom. The van der Waals surface area contributed by atoms with Crippen molar-refractivity contribution in [3.05, 3.63) is 184 Å². The van der Waals surface area contributed by atoms with Crippen LogP contribution in [0.1, 0.15) is 56.4 Å². The maximum atomic E-state index is 2.55. The molecule has 0 radical (unpaired) electrons. The Labute approximate surface area is 306 Å². The summed E-state index contributed by atoms with van der Waals surface area (Å²) in [5.41, 5.74) is 14.1. The standard InChI is InChI=1S/C50H42N2/c1-49(2)41-22-10-11-25-46(41)52-47-30-28-35(32-44(47)50(3,4)43-24-14-23-42(49)48(43)52)38-19-12-21-40-39(38)20-13-26-45(40)51(36-17-6-5-7-18-36)37-29-27-33-15-8-9-16-34(33)31-37/h5-28,30-32,37H,29H2,1-4H3. The summed E-state index contributed by atoms with van der Waals surface area (Å²) in [6.45, 7) is 9.57. The highest BCUT2D eigenvalue weighted by Crippen LogP contribution is 2.60. The lowest BCUT2D eigenvalue weighted by Gasteiger charge is -2.49. The monoisotopic (exact) mass is 670 g/mol. The van der Waals surface area contributed by atoms with Crippen molar-refractivity contribution < 1.29 is 0 Å². The Morgan fingerprint density at radius 3 is 2.00 bits per heavy atom. The van der Waals surface area contributed by atoms with Gasteiger partial charge in [-0.25, -0.2) is 0 Å². The molecule has 3 aliphatic rings. The second-order valence-electron chi connectivity index (χ2n) is 15.7. The van der Waals surface area contributed by atoms with Crippen molar-refractivity contribution in [2.24, 2.45) is 0 Å². The molecule has 7 aromatic carbocycles. The number of rotatable bonds is 4. The molecule has 0 spiro atoms. The molecule has 7 aromatic rings. The van der Waals surface area contributed by atoms with Crippen LogP contribution >= 0.6 is 0 Å². The van der Waals surface area contributed by atoms with E-state index in [-0.39, 0.29) is 16.9 Å². The molecule has 2 heteroatoms. The van der Waals surface area contributed by atoms with Crippen molar-refractivity contribution in [1.82, 2.24) is 0 Å². The van der Waals surface area contributed by atoms with Gasteiger partial charge in [0, 0.05) is 27.6 Å². The van der Waals surface area contributed by atoms with Crippen molar-refractivity contribution in [3.8, 4) is 11.1 Å². The summed E-state index contributed by atoms with van der Waals surface area (Å²) in [4.78, 5) is 5.09. The minimum atomic E-state index is -0.182. The maximum Gasteiger partial charge on any atom is 0.0566 e. The molecule has 252 valence electrons. The Hall–Kier alpha value is -5.86. The summed E-state index contributed by atoms with van der Waals surface area (Å²) in [7, 11) is 0. The van der Waals surface area contributed by atoms with Crippen molar-refractivity contribution in [1.29, 1.82) is 0 Å². The fourth-order valence-corrected chi connectivity index (χ4v) is 9.45. The van der Waals surface area contributed by atoms with Gasteiger partial charge in [0.1, 0.15) is 0 Å². The molecule has 0 aromatic heterocycles. The predicted octanol–water partition coefficient (Wildman–Crippen LogP) is 11.4. The van der Waals surface area contributed by atoms with Gasteiger partial charge in [-0.05, 0) is 92.0 Å². The largest absolute Gasteiger partial charge is 0.334 e. The first-order valence-electron chi connectivity index (χ1n) is 18.6. The first-order valence-corrected chi connectivity index (χ1v) is 18.6. The molecule has 2 nitrogen and oxygen atoms in total. The molecule has 52 heavy (non-hydrogen) atoms. The minimum Gasteiger partial charge on any atom is -0.334 e. The van der Waals surface area contributed by atoms with Crippen molar-refractivity contribution in [2.45, 2.75) is 51.0 Å². The van der Waals surface area contributed by atoms with Gasteiger partial charge in [-0.15, -0.1) is 0 Å². The number of hydrogen-bond donors (Lipinski definition) is 0. The molecule has 1 atom stereocenters. The number of benzene rings is 7. The summed E-state index contributed by atoms with van der Waals surface area (Å²) in [6.07, 6.45) is 5.78. The van der Waals surface area contributed by atoms with E-state index in [1.54, 1.807) is 0 Å². The zero-order chi connectivity index (χ0) is 35.2. The van der Waals surface area contributed by atoms with E-state index in [9.17, 15) is 0 Å². The van der Waals surface area contributed by atoms with Crippen molar-refractivity contribution in [3.63, 3.8) is 0 Å². The normalized spacial score (nSPS) is 17.2. The van der Waals surface area contributed by atoms with Gasteiger partial charge < -0.3 is 9.80 Å². The molecule has 0 bridgehead atoms. The first-order chi connectivity index (χ1) is 25.3. The van der Waals surface area contributed by atoms with Gasteiger partial charge in [0.15, 0.2) is 0 Å². The highest BCUT2D eigenvalue weighted by Gasteiger charge is 2.45. The first kappa shape index (κ1) is 30.9. The zero-order valence-corrected chi connectivity index (χ0v) is 30.3.